The van der Waals surface area contributed by atoms with Crippen LogP contribution in [0.4, 0.5) is 0 Å². The van der Waals surface area contributed by atoms with E-state index in [1.165, 1.54) is 10.7 Å². The van der Waals surface area contributed by atoms with E-state index in [1.807, 2.05) is 0 Å². The average Bonchev–Trinajstić information content (AvgIpc) is 2.67. The van der Waals surface area contributed by atoms with Gasteiger partial charge in [-0.05, 0) is 31.2 Å². The Balaban J connectivity index is 1.97. The Morgan fingerprint density at radius 3 is 2.36 bits per heavy atom. The van der Waals surface area contributed by atoms with E-state index in [2.05, 4.69) is 5.10 Å². The summed E-state index contributed by atoms with van der Waals surface area (Å²) in [7, 11) is 0. The number of carbonyl (C=O) groups excluding carboxylic acids is 2. The van der Waals surface area contributed by atoms with Gasteiger partial charge in [-0.1, -0.05) is 41.9 Å². The van der Waals surface area contributed by atoms with Crippen LogP contribution in [0, 0.1) is 6.92 Å². The van der Waals surface area contributed by atoms with Crippen molar-refractivity contribution >= 4 is 23.5 Å². The smallest absolute Gasteiger partial charge is 0.364 e. The molecular formula is C20H16ClN3O4. The molecule has 1 atom stereocenters. The zero-order valence-electron chi connectivity index (χ0n) is 14.8. The van der Waals surface area contributed by atoms with Gasteiger partial charge in [0.25, 0.3) is 5.91 Å². The lowest BCUT2D eigenvalue weighted by Crippen LogP contribution is -2.30. The monoisotopic (exact) mass is 397 g/mol. The number of hydrogen-bond acceptors (Lipinski definition) is 5. The molecule has 142 valence electrons. The highest BCUT2D eigenvalue weighted by Crippen LogP contribution is 2.18. The summed E-state index contributed by atoms with van der Waals surface area (Å²) >= 11 is 5.89. The molecule has 0 aliphatic rings. The molecule has 0 bridgehead atoms. The fourth-order valence-corrected chi connectivity index (χ4v) is 2.74. The lowest BCUT2D eigenvalue weighted by atomic mass is 10.1. The molecular weight excluding hydrogens is 382 g/mol. The Hall–Kier alpha value is -3.45. The number of nitrogens with zero attached hydrogens (tertiary/aromatic N) is 2. The van der Waals surface area contributed by atoms with Crippen molar-refractivity contribution in [2.24, 2.45) is 5.73 Å². The largest absolute Gasteiger partial charge is 0.442 e. The maximum atomic E-state index is 12.6. The summed E-state index contributed by atoms with van der Waals surface area (Å²) < 4.78 is 6.62. The van der Waals surface area contributed by atoms with Crippen molar-refractivity contribution in [2.75, 3.05) is 0 Å². The van der Waals surface area contributed by atoms with Gasteiger partial charge in [-0.2, -0.15) is 5.10 Å². The molecule has 3 rings (SSSR count). The third kappa shape index (κ3) is 4.10. The molecule has 0 aliphatic heterocycles. The molecule has 1 unspecified atom stereocenters. The molecule has 0 fully saturated rings. The molecule has 1 heterocycles. The predicted octanol–water partition coefficient (Wildman–Crippen LogP) is 2.58. The number of ether oxygens (including phenoxy) is 1. The Kier molecular flexibility index (Phi) is 5.56. The number of rotatable bonds is 5. The maximum absolute atomic E-state index is 12.6. The van der Waals surface area contributed by atoms with E-state index < -0.39 is 29.1 Å². The summed E-state index contributed by atoms with van der Waals surface area (Å²) in [4.78, 5) is 36.6. The molecule has 2 N–H and O–H groups in total. The SMILES string of the molecule is Cc1cc(=O)c(C(=O)OC(C(N)=O)c2ccccc2)nn1-c1ccc(Cl)cc1. The standard InChI is InChI=1S/C20H16ClN3O4/c1-12-11-16(25)17(23-24(12)15-9-7-14(21)8-10-15)20(27)28-18(19(22)26)13-5-3-2-4-6-13/h2-11,18H,1H3,(H2,22,26). The quantitative estimate of drug-likeness (QED) is 0.666. The van der Waals surface area contributed by atoms with E-state index in [0.717, 1.165) is 0 Å². The van der Waals surface area contributed by atoms with Crippen molar-refractivity contribution in [1.29, 1.82) is 0 Å². The van der Waals surface area contributed by atoms with E-state index in [-0.39, 0.29) is 0 Å². The highest BCUT2D eigenvalue weighted by molar-refractivity contribution is 6.30. The number of benzene rings is 2. The summed E-state index contributed by atoms with van der Waals surface area (Å²) in [5.41, 5.74) is 5.79. The van der Waals surface area contributed by atoms with Crippen LogP contribution in [-0.4, -0.2) is 21.7 Å². The van der Waals surface area contributed by atoms with E-state index in [4.69, 9.17) is 22.1 Å². The maximum Gasteiger partial charge on any atom is 0.364 e. The Morgan fingerprint density at radius 1 is 1.11 bits per heavy atom. The van der Waals surface area contributed by atoms with Gasteiger partial charge in [0.2, 0.25) is 17.2 Å². The van der Waals surface area contributed by atoms with Crippen molar-refractivity contribution in [3.8, 4) is 5.69 Å². The molecule has 28 heavy (non-hydrogen) atoms. The molecule has 0 radical (unpaired) electrons. The third-order valence-electron chi connectivity index (χ3n) is 3.96. The second-order valence-electron chi connectivity index (χ2n) is 5.99. The van der Waals surface area contributed by atoms with Crippen molar-refractivity contribution in [1.82, 2.24) is 9.78 Å². The van der Waals surface area contributed by atoms with Gasteiger partial charge < -0.3 is 10.5 Å². The van der Waals surface area contributed by atoms with Crippen LogP contribution in [0.25, 0.3) is 5.69 Å². The van der Waals surface area contributed by atoms with Gasteiger partial charge in [-0.25, -0.2) is 9.48 Å². The lowest BCUT2D eigenvalue weighted by Gasteiger charge is -2.15. The minimum absolute atomic E-state index is 0.397. The lowest BCUT2D eigenvalue weighted by molar-refractivity contribution is -0.127. The van der Waals surface area contributed by atoms with Gasteiger partial charge in [0, 0.05) is 22.3 Å². The number of aryl methyl sites for hydroxylation is 1. The first-order valence-corrected chi connectivity index (χ1v) is 8.67. The summed E-state index contributed by atoms with van der Waals surface area (Å²) in [5.74, 6) is -1.90. The Labute approximate surface area is 165 Å². The number of carbonyl (C=O) groups is 2. The summed E-state index contributed by atoms with van der Waals surface area (Å²) in [6, 6.07) is 16.3. The van der Waals surface area contributed by atoms with Gasteiger partial charge >= 0.3 is 5.97 Å². The molecule has 0 saturated heterocycles. The highest BCUT2D eigenvalue weighted by atomic mass is 35.5. The minimum atomic E-state index is -1.33. The molecule has 1 aromatic heterocycles. The highest BCUT2D eigenvalue weighted by Gasteiger charge is 2.26. The van der Waals surface area contributed by atoms with E-state index >= 15 is 0 Å². The van der Waals surface area contributed by atoms with Crippen molar-refractivity contribution in [2.45, 2.75) is 13.0 Å². The van der Waals surface area contributed by atoms with Gasteiger partial charge in [0.1, 0.15) is 0 Å². The number of halogens is 1. The molecule has 0 aliphatic carbocycles. The van der Waals surface area contributed by atoms with Crippen LogP contribution in [0.3, 0.4) is 0 Å². The third-order valence-corrected chi connectivity index (χ3v) is 4.21. The molecule has 0 saturated carbocycles. The zero-order chi connectivity index (χ0) is 20.3. The van der Waals surface area contributed by atoms with E-state index in [1.54, 1.807) is 61.5 Å². The normalized spacial score (nSPS) is 11.6. The molecule has 7 nitrogen and oxygen atoms in total. The topological polar surface area (TPSA) is 104 Å². The summed E-state index contributed by atoms with van der Waals surface area (Å²) in [5, 5.41) is 4.65. The van der Waals surface area contributed by atoms with Gasteiger partial charge in [0.15, 0.2) is 0 Å². The molecule has 2 aromatic carbocycles. The molecule has 3 aromatic rings. The van der Waals surface area contributed by atoms with Crippen LogP contribution < -0.4 is 11.2 Å². The van der Waals surface area contributed by atoms with Crippen LogP contribution in [-0.2, 0) is 9.53 Å². The van der Waals surface area contributed by atoms with Crippen molar-refractivity contribution < 1.29 is 14.3 Å². The van der Waals surface area contributed by atoms with Gasteiger partial charge in [-0.15, -0.1) is 0 Å². The van der Waals surface area contributed by atoms with Crippen LogP contribution in [0.2, 0.25) is 5.02 Å². The Morgan fingerprint density at radius 2 is 1.75 bits per heavy atom. The summed E-state index contributed by atoms with van der Waals surface area (Å²) in [6.45, 7) is 1.67. The van der Waals surface area contributed by atoms with Gasteiger partial charge in [-0.3, -0.25) is 9.59 Å². The van der Waals surface area contributed by atoms with Crippen LogP contribution >= 0.6 is 11.6 Å². The molecule has 0 spiro atoms. The molecule has 8 heteroatoms. The number of amides is 1. The van der Waals surface area contributed by atoms with E-state index in [9.17, 15) is 14.4 Å². The van der Waals surface area contributed by atoms with Crippen molar-refractivity contribution in [3.05, 3.63) is 92.9 Å². The number of hydrogen-bond donors (Lipinski definition) is 1. The predicted molar refractivity (Wildman–Crippen MR) is 103 cm³/mol. The number of aromatic nitrogens is 2. The fourth-order valence-electron chi connectivity index (χ4n) is 2.61. The first kappa shape index (κ1) is 19.3. The number of primary amides is 1. The van der Waals surface area contributed by atoms with E-state index in [0.29, 0.717) is 22.0 Å². The van der Waals surface area contributed by atoms with Crippen molar-refractivity contribution in [3.63, 3.8) is 0 Å². The van der Waals surface area contributed by atoms with Crippen LogP contribution in [0.15, 0.2) is 65.5 Å². The summed E-state index contributed by atoms with van der Waals surface area (Å²) in [6.07, 6.45) is -1.33. The average molecular weight is 398 g/mol. The molecule has 1 amide bonds. The van der Waals surface area contributed by atoms with Gasteiger partial charge in [0.05, 0.1) is 5.69 Å². The fraction of sp³-hybridized carbons (Fsp3) is 0.100. The van der Waals surface area contributed by atoms with Crippen LogP contribution in [0.1, 0.15) is 27.8 Å². The second kappa shape index (κ2) is 8.06. The second-order valence-corrected chi connectivity index (χ2v) is 6.42. The first-order valence-electron chi connectivity index (χ1n) is 8.29. The Bertz CT molecular complexity index is 1080. The number of nitrogens with two attached hydrogens (primary N) is 1. The zero-order valence-corrected chi connectivity index (χ0v) is 15.6. The first-order chi connectivity index (χ1) is 13.4. The number of esters is 1. The minimum Gasteiger partial charge on any atom is -0.442 e. The van der Waals surface area contributed by atoms with Crippen LogP contribution in [0.5, 0.6) is 0 Å².